The van der Waals surface area contributed by atoms with Gasteiger partial charge in [0.2, 0.25) is 0 Å². The summed E-state index contributed by atoms with van der Waals surface area (Å²) in [5, 5.41) is 4.61. The van der Waals surface area contributed by atoms with Gasteiger partial charge in [0, 0.05) is 25.2 Å². The van der Waals surface area contributed by atoms with Gasteiger partial charge in [-0.1, -0.05) is 45.4 Å². The Morgan fingerprint density at radius 3 is 2.57 bits per heavy atom. The van der Waals surface area contributed by atoms with Crippen molar-refractivity contribution in [2.24, 2.45) is 11.8 Å². The monoisotopic (exact) mass is 308 g/mol. The minimum absolute atomic E-state index is 0.508. The number of benzene rings is 1. The van der Waals surface area contributed by atoms with Crippen LogP contribution < -0.4 is 10.2 Å². The van der Waals surface area contributed by atoms with Crippen molar-refractivity contribution >= 4 is 17.3 Å². The van der Waals surface area contributed by atoms with Crippen molar-refractivity contribution < 1.29 is 0 Å². The van der Waals surface area contributed by atoms with Crippen LogP contribution in [0.1, 0.15) is 39.7 Å². The molecule has 2 nitrogen and oxygen atoms in total. The third kappa shape index (κ3) is 4.14. The maximum absolute atomic E-state index is 6.52. The molecule has 1 heterocycles. The van der Waals surface area contributed by atoms with Crippen LogP contribution in [0.4, 0.5) is 5.69 Å². The lowest BCUT2D eigenvalue weighted by atomic mass is 9.94. The van der Waals surface area contributed by atoms with E-state index in [1.807, 2.05) is 0 Å². The van der Waals surface area contributed by atoms with E-state index in [0.29, 0.717) is 23.9 Å². The average molecular weight is 309 g/mol. The first-order valence-corrected chi connectivity index (χ1v) is 8.52. The average Bonchev–Trinajstić information content (AvgIpc) is 2.37. The fourth-order valence-electron chi connectivity index (χ4n) is 3.28. The van der Waals surface area contributed by atoms with E-state index in [1.54, 1.807) is 0 Å². The Labute approximate surface area is 134 Å². The fraction of sp³-hybridized carbons (Fsp3) is 0.667. The van der Waals surface area contributed by atoms with E-state index in [-0.39, 0.29) is 0 Å². The normalized spacial score (nSPS) is 23.1. The van der Waals surface area contributed by atoms with Crippen molar-refractivity contribution in [2.75, 3.05) is 18.0 Å². The van der Waals surface area contributed by atoms with Crippen LogP contribution in [-0.4, -0.2) is 25.2 Å². The van der Waals surface area contributed by atoms with E-state index in [2.05, 4.69) is 63.0 Å². The zero-order valence-electron chi connectivity index (χ0n) is 14.0. The van der Waals surface area contributed by atoms with E-state index in [4.69, 9.17) is 11.6 Å². The smallest absolute Gasteiger partial charge is 0.0642 e. The van der Waals surface area contributed by atoms with Crippen LogP contribution in [0.2, 0.25) is 5.02 Å². The Hall–Kier alpha value is -0.730. The molecule has 0 radical (unpaired) electrons. The van der Waals surface area contributed by atoms with Crippen LogP contribution in [0, 0.1) is 18.8 Å². The zero-order valence-corrected chi connectivity index (χ0v) is 14.7. The number of anilines is 1. The quantitative estimate of drug-likeness (QED) is 0.881. The van der Waals surface area contributed by atoms with E-state index < -0.39 is 0 Å². The largest absolute Gasteiger partial charge is 0.364 e. The number of aryl methyl sites for hydroxylation is 1. The summed E-state index contributed by atoms with van der Waals surface area (Å²) in [4.78, 5) is 2.52. The van der Waals surface area contributed by atoms with Gasteiger partial charge in [-0.05, 0) is 42.9 Å². The predicted octanol–water partition coefficient (Wildman–Crippen LogP) is 4.50. The van der Waals surface area contributed by atoms with Gasteiger partial charge in [-0.3, -0.25) is 0 Å². The summed E-state index contributed by atoms with van der Waals surface area (Å²) in [7, 11) is 0. The summed E-state index contributed by atoms with van der Waals surface area (Å²) >= 11 is 6.52. The van der Waals surface area contributed by atoms with Gasteiger partial charge in [0.25, 0.3) is 0 Å². The van der Waals surface area contributed by atoms with Crippen molar-refractivity contribution in [1.82, 2.24) is 5.32 Å². The molecule has 118 valence electrons. The molecule has 0 amide bonds. The van der Waals surface area contributed by atoms with Crippen molar-refractivity contribution in [3.63, 3.8) is 0 Å². The van der Waals surface area contributed by atoms with Gasteiger partial charge in [0.15, 0.2) is 0 Å². The molecule has 0 aromatic heterocycles. The molecule has 1 aliphatic rings. The van der Waals surface area contributed by atoms with E-state index >= 15 is 0 Å². The van der Waals surface area contributed by atoms with Crippen molar-refractivity contribution in [3.05, 3.63) is 28.8 Å². The number of hydrogen-bond donors (Lipinski definition) is 1. The molecule has 21 heavy (non-hydrogen) atoms. The number of nitrogens with zero attached hydrogens (tertiary/aromatic N) is 1. The van der Waals surface area contributed by atoms with Crippen LogP contribution >= 0.6 is 11.6 Å². The lowest BCUT2D eigenvalue weighted by Gasteiger charge is -2.44. The first kappa shape index (κ1) is 16.6. The molecule has 0 spiro atoms. The van der Waals surface area contributed by atoms with Crippen LogP contribution in [-0.2, 0) is 0 Å². The molecule has 3 heteroatoms. The van der Waals surface area contributed by atoms with Gasteiger partial charge in [-0.25, -0.2) is 0 Å². The molecule has 1 aliphatic heterocycles. The molecule has 2 atom stereocenters. The molecule has 1 saturated heterocycles. The zero-order chi connectivity index (χ0) is 15.6. The number of nitrogens with one attached hydrogen (secondary N) is 1. The number of hydrogen-bond acceptors (Lipinski definition) is 2. The maximum Gasteiger partial charge on any atom is 0.0642 e. The SMILES string of the molecule is Cc1ccc(N2CC(CC(C)C)NCC2C(C)C)c(Cl)c1. The lowest BCUT2D eigenvalue weighted by molar-refractivity contribution is 0.310. The van der Waals surface area contributed by atoms with Crippen LogP contribution in [0.15, 0.2) is 18.2 Å². The molecule has 1 N–H and O–H groups in total. The van der Waals surface area contributed by atoms with Crippen molar-refractivity contribution in [1.29, 1.82) is 0 Å². The summed E-state index contributed by atoms with van der Waals surface area (Å²) in [5.41, 5.74) is 2.41. The summed E-state index contributed by atoms with van der Waals surface area (Å²) < 4.78 is 0. The van der Waals surface area contributed by atoms with E-state index in [9.17, 15) is 0 Å². The van der Waals surface area contributed by atoms with Gasteiger partial charge >= 0.3 is 0 Å². The first-order chi connectivity index (χ1) is 9.88. The topological polar surface area (TPSA) is 15.3 Å². The van der Waals surface area contributed by atoms with Crippen LogP contribution in [0.5, 0.6) is 0 Å². The molecule has 2 rings (SSSR count). The molecule has 0 saturated carbocycles. The molecule has 1 aromatic carbocycles. The standard InChI is InChI=1S/C18H29ClN2/c1-12(2)8-15-11-21(18(10-20-15)13(3)4)17-7-6-14(5)9-16(17)19/h6-7,9,12-13,15,18,20H,8,10-11H2,1-5H3. The molecular weight excluding hydrogens is 280 g/mol. The molecule has 0 aliphatic carbocycles. The van der Waals surface area contributed by atoms with Crippen molar-refractivity contribution in [2.45, 2.75) is 53.1 Å². The van der Waals surface area contributed by atoms with Crippen molar-refractivity contribution in [3.8, 4) is 0 Å². The highest BCUT2D eigenvalue weighted by Crippen LogP contribution is 2.32. The fourth-order valence-corrected chi connectivity index (χ4v) is 3.62. The second kappa shape index (κ2) is 7.02. The van der Waals surface area contributed by atoms with Gasteiger partial charge < -0.3 is 10.2 Å². The Balaban J connectivity index is 2.25. The Kier molecular flexibility index (Phi) is 5.56. The summed E-state index contributed by atoms with van der Waals surface area (Å²) in [6, 6.07) is 7.49. The Morgan fingerprint density at radius 1 is 1.29 bits per heavy atom. The highest BCUT2D eigenvalue weighted by Gasteiger charge is 2.31. The number of halogens is 1. The third-order valence-electron chi connectivity index (χ3n) is 4.37. The van der Waals surface area contributed by atoms with Crippen LogP contribution in [0.3, 0.4) is 0 Å². The predicted molar refractivity (Wildman–Crippen MR) is 93.4 cm³/mol. The second-order valence-electron chi connectivity index (χ2n) is 7.15. The van der Waals surface area contributed by atoms with E-state index in [0.717, 1.165) is 18.1 Å². The maximum atomic E-state index is 6.52. The minimum atomic E-state index is 0.508. The van der Waals surface area contributed by atoms with Crippen LogP contribution in [0.25, 0.3) is 0 Å². The minimum Gasteiger partial charge on any atom is -0.364 e. The summed E-state index contributed by atoms with van der Waals surface area (Å²) in [6.07, 6.45) is 1.21. The molecular formula is C18H29ClN2. The summed E-state index contributed by atoms with van der Waals surface area (Å²) in [5.74, 6) is 1.32. The third-order valence-corrected chi connectivity index (χ3v) is 4.67. The highest BCUT2D eigenvalue weighted by atomic mass is 35.5. The Bertz CT molecular complexity index is 470. The molecule has 2 unspecified atom stereocenters. The Morgan fingerprint density at radius 2 is 2.00 bits per heavy atom. The highest BCUT2D eigenvalue weighted by molar-refractivity contribution is 6.33. The van der Waals surface area contributed by atoms with Gasteiger partial charge in [0.05, 0.1) is 10.7 Å². The van der Waals surface area contributed by atoms with E-state index in [1.165, 1.54) is 17.7 Å². The molecule has 1 aromatic rings. The number of rotatable bonds is 4. The lowest BCUT2D eigenvalue weighted by Crippen LogP contribution is -2.58. The second-order valence-corrected chi connectivity index (χ2v) is 7.56. The van der Waals surface area contributed by atoms with Gasteiger partial charge in [-0.15, -0.1) is 0 Å². The van der Waals surface area contributed by atoms with Gasteiger partial charge in [0.1, 0.15) is 0 Å². The first-order valence-electron chi connectivity index (χ1n) is 8.14. The molecule has 1 fully saturated rings. The summed E-state index contributed by atoms with van der Waals surface area (Å²) in [6.45, 7) is 13.4. The molecule has 0 bridgehead atoms. The van der Waals surface area contributed by atoms with Gasteiger partial charge in [-0.2, -0.15) is 0 Å². The number of piperazine rings is 1.